The van der Waals surface area contributed by atoms with E-state index in [1.54, 1.807) is 15.9 Å². The lowest BCUT2D eigenvalue weighted by molar-refractivity contribution is 0.977. The van der Waals surface area contributed by atoms with Gasteiger partial charge >= 0.3 is 0 Å². The topological polar surface area (TPSA) is 91.2 Å². The van der Waals surface area contributed by atoms with Gasteiger partial charge in [0.05, 0.1) is 5.39 Å². The maximum Gasteiger partial charge on any atom is 0.177 e. The average molecular weight is 280 g/mol. The van der Waals surface area contributed by atoms with Crippen LogP contribution in [0.5, 0.6) is 0 Å². The van der Waals surface area contributed by atoms with E-state index < -0.39 is 0 Å². The molecule has 0 radical (unpaired) electrons. The van der Waals surface area contributed by atoms with Crippen LogP contribution in [-0.4, -0.2) is 19.5 Å². The van der Waals surface area contributed by atoms with Gasteiger partial charge in [0.1, 0.15) is 29.6 Å². The maximum atomic E-state index is 9.22. The molecule has 0 fully saturated rings. The van der Waals surface area contributed by atoms with Crippen LogP contribution in [0.1, 0.15) is 21.8 Å². The van der Waals surface area contributed by atoms with E-state index in [1.165, 1.54) is 12.7 Å². The second-order valence-corrected chi connectivity index (χ2v) is 5.40. The Hall–Kier alpha value is -2.77. The Bertz CT molecular complexity index is 905. The van der Waals surface area contributed by atoms with Crippen molar-refractivity contribution in [1.29, 1.82) is 10.5 Å². The second kappa shape index (κ2) is 4.41. The molecule has 96 valence electrons. The van der Waals surface area contributed by atoms with Gasteiger partial charge < -0.3 is 0 Å². The van der Waals surface area contributed by atoms with Gasteiger partial charge in [-0.25, -0.2) is 15.0 Å². The molecule has 0 aliphatic heterocycles. The van der Waals surface area contributed by atoms with Gasteiger partial charge in [-0.05, 0) is 19.4 Å². The Morgan fingerprint density at radius 1 is 1.15 bits per heavy atom. The van der Waals surface area contributed by atoms with E-state index in [-0.39, 0.29) is 11.4 Å². The molecule has 0 saturated heterocycles. The number of fused-ring (bicyclic) bond motifs is 1. The Balaban J connectivity index is 2.40. The van der Waals surface area contributed by atoms with Gasteiger partial charge in [0.2, 0.25) is 0 Å². The zero-order valence-corrected chi connectivity index (χ0v) is 11.6. The fraction of sp³-hybridized carbons (Fsp3) is 0.154. The number of thiophene rings is 1. The predicted molar refractivity (Wildman–Crippen MR) is 73.4 cm³/mol. The van der Waals surface area contributed by atoms with Crippen molar-refractivity contribution in [2.75, 3.05) is 0 Å². The van der Waals surface area contributed by atoms with Crippen molar-refractivity contribution in [3.05, 3.63) is 34.5 Å². The average Bonchev–Trinajstić information content (AvgIpc) is 3.00. The highest BCUT2D eigenvalue weighted by Crippen LogP contribution is 2.32. The Labute approximate surface area is 118 Å². The van der Waals surface area contributed by atoms with Crippen LogP contribution in [0.4, 0.5) is 0 Å². The first-order chi connectivity index (χ1) is 9.67. The first-order valence-corrected chi connectivity index (χ1v) is 6.57. The van der Waals surface area contributed by atoms with Crippen LogP contribution in [0.2, 0.25) is 0 Å². The zero-order valence-electron chi connectivity index (χ0n) is 10.7. The number of nitrogens with zero attached hydrogens (tertiary/aromatic N) is 6. The second-order valence-electron chi connectivity index (χ2n) is 4.20. The summed E-state index contributed by atoms with van der Waals surface area (Å²) in [6, 6.07) is 3.91. The minimum Gasteiger partial charge on any atom is -0.272 e. The minimum atomic E-state index is 0.101. The van der Waals surface area contributed by atoms with E-state index >= 15 is 0 Å². The summed E-state index contributed by atoms with van der Waals surface area (Å²) in [6.45, 7) is 4.01. The van der Waals surface area contributed by atoms with Crippen LogP contribution in [0.3, 0.4) is 0 Å². The molecule has 7 heteroatoms. The normalized spacial score (nSPS) is 10.4. The summed E-state index contributed by atoms with van der Waals surface area (Å²) in [6.07, 6.45) is 2.91. The third-order valence-electron chi connectivity index (χ3n) is 3.15. The molecular formula is C13H8N6S. The van der Waals surface area contributed by atoms with Crippen LogP contribution in [-0.2, 0) is 0 Å². The number of imidazole rings is 1. The molecule has 0 aliphatic rings. The van der Waals surface area contributed by atoms with E-state index in [9.17, 15) is 5.26 Å². The summed E-state index contributed by atoms with van der Waals surface area (Å²) in [4.78, 5) is 14.5. The van der Waals surface area contributed by atoms with Crippen LogP contribution >= 0.6 is 11.3 Å². The summed E-state index contributed by atoms with van der Waals surface area (Å²) < 4.78 is 1.54. The number of aryl methyl sites for hydroxylation is 2. The third kappa shape index (κ3) is 1.58. The summed E-state index contributed by atoms with van der Waals surface area (Å²) in [5.74, 6) is 0.586. The molecule has 3 aromatic rings. The van der Waals surface area contributed by atoms with Crippen molar-refractivity contribution < 1.29 is 0 Å². The Kier molecular flexibility index (Phi) is 2.70. The van der Waals surface area contributed by atoms with Gasteiger partial charge in [-0.1, -0.05) is 0 Å². The van der Waals surface area contributed by atoms with Gasteiger partial charge in [-0.15, -0.1) is 11.3 Å². The van der Waals surface area contributed by atoms with Crippen LogP contribution in [0.15, 0.2) is 12.7 Å². The predicted octanol–water partition coefficient (Wildman–Crippen LogP) is 2.24. The number of nitriles is 2. The monoisotopic (exact) mass is 280 g/mol. The molecule has 0 aliphatic carbocycles. The van der Waals surface area contributed by atoms with E-state index in [1.807, 2.05) is 26.0 Å². The SMILES string of the molecule is Cc1sc2ncnc(-n3cnc(C#N)c3C#N)c2c1C. The third-order valence-corrected chi connectivity index (χ3v) is 4.27. The molecule has 3 aromatic heterocycles. The van der Waals surface area contributed by atoms with Gasteiger partial charge in [0, 0.05) is 4.88 Å². The molecule has 0 unspecified atom stereocenters. The smallest absolute Gasteiger partial charge is 0.177 e. The summed E-state index contributed by atoms with van der Waals surface area (Å²) in [7, 11) is 0. The fourth-order valence-corrected chi connectivity index (χ4v) is 3.04. The molecule has 3 rings (SSSR count). The largest absolute Gasteiger partial charge is 0.272 e. The zero-order chi connectivity index (χ0) is 14.3. The van der Waals surface area contributed by atoms with Gasteiger partial charge in [-0.3, -0.25) is 4.57 Å². The Morgan fingerprint density at radius 3 is 2.65 bits per heavy atom. The van der Waals surface area contributed by atoms with E-state index in [4.69, 9.17) is 5.26 Å². The number of hydrogen-bond donors (Lipinski definition) is 0. The molecule has 0 bridgehead atoms. The van der Waals surface area contributed by atoms with Crippen molar-refractivity contribution in [3.8, 4) is 18.0 Å². The standard InChI is InChI=1S/C13H8N6S/c1-7-8(2)20-13-11(7)12(16-5-17-13)19-6-18-9(3-14)10(19)4-15/h5-6H,1-2H3. The van der Waals surface area contributed by atoms with Gasteiger partial charge in [-0.2, -0.15) is 10.5 Å². The van der Waals surface area contributed by atoms with Gasteiger partial charge in [0.25, 0.3) is 0 Å². The molecule has 6 nitrogen and oxygen atoms in total. The van der Waals surface area contributed by atoms with Gasteiger partial charge in [0.15, 0.2) is 17.2 Å². The highest BCUT2D eigenvalue weighted by Gasteiger charge is 2.18. The molecule has 0 amide bonds. The van der Waals surface area contributed by atoms with Crippen LogP contribution < -0.4 is 0 Å². The van der Waals surface area contributed by atoms with Crippen LogP contribution in [0.25, 0.3) is 16.0 Å². The van der Waals surface area contributed by atoms with Crippen molar-refractivity contribution >= 4 is 21.6 Å². The quantitative estimate of drug-likeness (QED) is 0.681. The van der Waals surface area contributed by atoms with Crippen molar-refractivity contribution in [3.63, 3.8) is 0 Å². The molecule has 0 N–H and O–H groups in total. The molecule has 0 aromatic carbocycles. The lowest BCUT2D eigenvalue weighted by Gasteiger charge is -2.04. The van der Waals surface area contributed by atoms with Crippen LogP contribution in [0, 0.1) is 36.5 Å². The summed E-state index contributed by atoms with van der Waals surface area (Å²) in [5, 5.41) is 19.1. The van der Waals surface area contributed by atoms with E-state index in [0.29, 0.717) is 5.82 Å². The lowest BCUT2D eigenvalue weighted by Crippen LogP contribution is -2.01. The number of rotatable bonds is 1. The van der Waals surface area contributed by atoms with Crippen molar-refractivity contribution in [1.82, 2.24) is 19.5 Å². The van der Waals surface area contributed by atoms with Crippen molar-refractivity contribution in [2.45, 2.75) is 13.8 Å². The highest BCUT2D eigenvalue weighted by atomic mass is 32.1. The summed E-state index contributed by atoms with van der Waals surface area (Å²) >= 11 is 1.58. The van der Waals surface area contributed by atoms with E-state index in [0.717, 1.165) is 20.7 Å². The highest BCUT2D eigenvalue weighted by molar-refractivity contribution is 7.18. The molecule has 0 atom stereocenters. The minimum absolute atomic E-state index is 0.101. The Morgan fingerprint density at radius 2 is 1.95 bits per heavy atom. The fourth-order valence-electron chi connectivity index (χ4n) is 2.04. The van der Waals surface area contributed by atoms with Crippen molar-refractivity contribution in [2.24, 2.45) is 0 Å². The molecule has 20 heavy (non-hydrogen) atoms. The maximum absolute atomic E-state index is 9.22. The number of aromatic nitrogens is 4. The lowest BCUT2D eigenvalue weighted by atomic mass is 10.2. The molecular weight excluding hydrogens is 272 g/mol. The molecule has 3 heterocycles. The first kappa shape index (κ1) is 12.3. The first-order valence-electron chi connectivity index (χ1n) is 5.76. The molecule has 0 saturated carbocycles. The summed E-state index contributed by atoms with van der Waals surface area (Å²) in [5.41, 5.74) is 1.37. The molecule has 0 spiro atoms. The number of hydrogen-bond acceptors (Lipinski definition) is 6. The van der Waals surface area contributed by atoms with E-state index in [2.05, 4.69) is 15.0 Å².